The topological polar surface area (TPSA) is 110 Å². The minimum atomic E-state index is -0.995. The number of amides is 1. The molecule has 0 saturated heterocycles. The van der Waals surface area contributed by atoms with Crippen LogP contribution >= 0.6 is 0 Å². The van der Waals surface area contributed by atoms with Crippen molar-refractivity contribution in [1.29, 1.82) is 0 Å². The lowest BCUT2D eigenvalue weighted by Crippen LogP contribution is -2.46. The molecule has 0 spiro atoms. The summed E-state index contributed by atoms with van der Waals surface area (Å²) in [6.45, 7) is 2.65. The summed E-state index contributed by atoms with van der Waals surface area (Å²) in [6, 6.07) is -0.995. The van der Waals surface area contributed by atoms with Crippen molar-refractivity contribution in [3.63, 3.8) is 0 Å². The summed E-state index contributed by atoms with van der Waals surface area (Å²) in [6.07, 6.45) is 1.32. The van der Waals surface area contributed by atoms with E-state index in [1.165, 1.54) is 27.2 Å². The van der Waals surface area contributed by atoms with Gasteiger partial charge in [0, 0.05) is 18.7 Å². The number of rotatable bonds is 4. The van der Waals surface area contributed by atoms with E-state index in [1.807, 2.05) is 0 Å². The van der Waals surface area contributed by atoms with Gasteiger partial charge in [0.25, 0.3) is 5.56 Å². The third-order valence-electron chi connectivity index (χ3n) is 2.43. The zero-order valence-electron chi connectivity index (χ0n) is 10.9. The third kappa shape index (κ3) is 3.80. The van der Waals surface area contributed by atoms with Crippen molar-refractivity contribution in [2.75, 3.05) is 7.11 Å². The van der Waals surface area contributed by atoms with Crippen molar-refractivity contribution in [1.82, 2.24) is 14.9 Å². The third-order valence-corrected chi connectivity index (χ3v) is 2.43. The molecule has 1 amide bonds. The highest BCUT2D eigenvalue weighted by atomic mass is 16.5. The molecule has 0 aromatic carbocycles. The van der Waals surface area contributed by atoms with E-state index in [0.717, 1.165) is 4.57 Å². The van der Waals surface area contributed by atoms with Crippen LogP contribution in [-0.4, -0.2) is 34.6 Å². The Morgan fingerprint density at radius 2 is 2.11 bits per heavy atom. The lowest BCUT2D eigenvalue weighted by Gasteiger charge is -2.16. The second-order valence-corrected chi connectivity index (χ2v) is 4.00. The van der Waals surface area contributed by atoms with Gasteiger partial charge in [0.15, 0.2) is 0 Å². The average molecular weight is 269 g/mol. The average Bonchev–Trinajstić information content (AvgIpc) is 2.33. The highest BCUT2D eigenvalue weighted by Crippen LogP contribution is 1.94. The van der Waals surface area contributed by atoms with Crippen LogP contribution in [0.2, 0.25) is 0 Å². The van der Waals surface area contributed by atoms with Gasteiger partial charge in [-0.05, 0) is 6.92 Å². The zero-order valence-corrected chi connectivity index (χ0v) is 10.9. The Hall–Kier alpha value is -2.38. The summed E-state index contributed by atoms with van der Waals surface area (Å²) in [7, 11) is 1.18. The summed E-state index contributed by atoms with van der Waals surface area (Å²) >= 11 is 0. The van der Waals surface area contributed by atoms with E-state index in [0.29, 0.717) is 5.56 Å². The van der Waals surface area contributed by atoms with Gasteiger partial charge >= 0.3 is 11.7 Å². The molecule has 0 bridgehead atoms. The molecule has 0 radical (unpaired) electrons. The smallest absolute Gasteiger partial charge is 0.330 e. The second-order valence-electron chi connectivity index (χ2n) is 4.00. The molecule has 1 unspecified atom stereocenters. The van der Waals surface area contributed by atoms with Gasteiger partial charge in [-0.3, -0.25) is 19.1 Å². The summed E-state index contributed by atoms with van der Waals surface area (Å²) in [5.74, 6) is -1.10. The van der Waals surface area contributed by atoms with Crippen molar-refractivity contribution in [2.24, 2.45) is 0 Å². The van der Waals surface area contributed by atoms with Crippen LogP contribution in [0.25, 0.3) is 0 Å². The fraction of sp³-hybridized carbons (Fsp3) is 0.455. The predicted molar refractivity (Wildman–Crippen MR) is 65.7 cm³/mol. The number of aryl methyl sites for hydroxylation is 1. The van der Waals surface area contributed by atoms with E-state index in [1.54, 1.807) is 0 Å². The van der Waals surface area contributed by atoms with Crippen LogP contribution < -0.4 is 16.6 Å². The number of hydrogen-bond acceptors (Lipinski definition) is 5. The molecule has 19 heavy (non-hydrogen) atoms. The molecule has 1 aromatic rings. The molecule has 0 aliphatic rings. The minimum absolute atomic E-state index is 0.122. The number of esters is 1. The fourth-order valence-corrected chi connectivity index (χ4v) is 1.52. The van der Waals surface area contributed by atoms with Crippen molar-refractivity contribution in [3.8, 4) is 0 Å². The lowest BCUT2D eigenvalue weighted by molar-refractivity contribution is -0.145. The normalized spacial score (nSPS) is 11.7. The van der Waals surface area contributed by atoms with Crippen LogP contribution in [0.15, 0.2) is 15.8 Å². The molecule has 2 N–H and O–H groups in total. The van der Waals surface area contributed by atoms with Gasteiger partial charge in [-0.2, -0.15) is 0 Å². The number of hydrogen-bond donors (Lipinski definition) is 2. The Bertz CT molecular complexity index is 601. The van der Waals surface area contributed by atoms with E-state index in [-0.39, 0.29) is 6.54 Å². The molecule has 8 nitrogen and oxygen atoms in total. The first-order chi connectivity index (χ1) is 8.85. The van der Waals surface area contributed by atoms with Crippen LogP contribution in [0.3, 0.4) is 0 Å². The van der Waals surface area contributed by atoms with Crippen molar-refractivity contribution in [3.05, 3.63) is 32.6 Å². The highest BCUT2D eigenvalue weighted by Gasteiger charge is 2.21. The Morgan fingerprint density at radius 3 is 2.63 bits per heavy atom. The predicted octanol–water partition coefficient (Wildman–Crippen LogP) is -1.48. The van der Waals surface area contributed by atoms with Gasteiger partial charge < -0.3 is 10.1 Å². The molecule has 1 heterocycles. The molecule has 1 atom stereocenters. The maximum absolute atomic E-state index is 11.6. The molecule has 0 aliphatic carbocycles. The van der Waals surface area contributed by atoms with E-state index < -0.39 is 29.2 Å². The molecular weight excluding hydrogens is 254 g/mol. The van der Waals surface area contributed by atoms with E-state index in [2.05, 4.69) is 15.0 Å². The Labute approximate surface area is 108 Å². The molecule has 1 aromatic heterocycles. The number of aromatic amines is 1. The first kappa shape index (κ1) is 14.7. The number of carbonyl (C=O) groups excluding carboxylic acids is 2. The van der Waals surface area contributed by atoms with E-state index in [9.17, 15) is 19.2 Å². The van der Waals surface area contributed by atoms with Crippen LogP contribution in [0.5, 0.6) is 0 Å². The lowest BCUT2D eigenvalue weighted by atomic mass is 10.2. The first-order valence-corrected chi connectivity index (χ1v) is 5.50. The maximum Gasteiger partial charge on any atom is 0.330 e. The van der Waals surface area contributed by atoms with E-state index in [4.69, 9.17) is 0 Å². The molecule has 0 saturated carbocycles. The largest absolute Gasteiger partial charge is 0.467 e. The number of aromatic nitrogens is 2. The summed E-state index contributed by atoms with van der Waals surface area (Å²) in [5, 5.41) is 2.38. The Kier molecular flexibility index (Phi) is 4.62. The van der Waals surface area contributed by atoms with Gasteiger partial charge in [-0.25, -0.2) is 9.59 Å². The number of methoxy groups -OCH3 is 1. The number of ether oxygens (including phenoxy) is 1. The summed E-state index contributed by atoms with van der Waals surface area (Å²) < 4.78 is 5.67. The molecule has 104 valence electrons. The molecule has 0 aliphatic heterocycles. The minimum Gasteiger partial charge on any atom is -0.467 e. The number of nitrogens with one attached hydrogen (secondary N) is 2. The first-order valence-electron chi connectivity index (χ1n) is 5.50. The zero-order chi connectivity index (χ0) is 14.6. The van der Waals surface area contributed by atoms with Crippen molar-refractivity contribution >= 4 is 11.9 Å². The van der Waals surface area contributed by atoms with Crippen LogP contribution in [0.4, 0.5) is 0 Å². The summed E-state index contributed by atoms with van der Waals surface area (Å²) in [4.78, 5) is 47.4. The van der Waals surface area contributed by atoms with Crippen LogP contribution in [-0.2, 0) is 20.9 Å². The van der Waals surface area contributed by atoms with Gasteiger partial charge in [0.1, 0.15) is 6.04 Å². The maximum atomic E-state index is 11.6. The van der Waals surface area contributed by atoms with Crippen molar-refractivity contribution in [2.45, 2.75) is 26.4 Å². The molecule has 8 heteroatoms. The standard InChI is InChI=1S/C11H15N3O5/c1-6-4-14(11(18)13-9(6)16)5-8(10(17)19-3)12-7(2)15/h4,8H,5H2,1-3H3,(H,12,15)(H,13,16,18). The quantitative estimate of drug-likeness (QED) is 0.648. The van der Waals surface area contributed by atoms with Crippen LogP contribution in [0.1, 0.15) is 12.5 Å². The number of H-pyrrole nitrogens is 1. The van der Waals surface area contributed by atoms with Crippen molar-refractivity contribution < 1.29 is 14.3 Å². The van der Waals surface area contributed by atoms with Gasteiger partial charge in [0.05, 0.1) is 13.7 Å². The second kappa shape index (κ2) is 5.98. The molecule has 1 rings (SSSR count). The Balaban J connectivity index is 3.06. The monoisotopic (exact) mass is 269 g/mol. The number of carbonyl (C=O) groups is 2. The van der Waals surface area contributed by atoms with Gasteiger partial charge in [-0.1, -0.05) is 0 Å². The molecular formula is C11H15N3O5. The fourth-order valence-electron chi connectivity index (χ4n) is 1.52. The van der Waals surface area contributed by atoms with Gasteiger partial charge in [0.2, 0.25) is 5.91 Å². The molecule has 0 fully saturated rings. The Morgan fingerprint density at radius 1 is 1.47 bits per heavy atom. The number of nitrogens with zero attached hydrogens (tertiary/aromatic N) is 1. The SMILES string of the molecule is COC(=O)C(Cn1cc(C)c(=O)[nH]c1=O)NC(C)=O. The summed E-state index contributed by atoms with van der Waals surface area (Å²) in [5.41, 5.74) is -0.823. The van der Waals surface area contributed by atoms with Gasteiger partial charge in [-0.15, -0.1) is 0 Å². The van der Waals surface area contributed by atoms with E-state index >= 15 is 0 Å². The van der Waals surface area contributed by atoms with Crippen LogP contribution in [0, 0.1) is 6.92 Å². The highest BCUT2D eigenvalue weighted by molar-refractivity contribution is 5.83.